The summed E-state index contributed by atoms with van der Waals surface area (Å²) in [6.45, 7) is 0. The first-order valence-electron chi connectivity index (χ1n) is 5.88. The topological polar surface area (TPSA) is 20.3 Å². The Morgan fingerprint density at radius 1 is 1.06 bits per heavy atom. The number of hydrogen-bond acceptors (Lipinski definition) is 1. The maximum atomic E-state index is 14.0. The number of nitrogens with zero attached hydrogens (tertiary/aromatic N) is 1. The van der Waals surface area contributed by atoms with Crippen LogP contribution in [0.4, 0.5) is 10.1 Å². The van der Waals surface area contributed by atoms with Gasteiger partial charge in [-0.3, -0.25) is 9.69 Å². The van der Waals surface area contributed by atoms with Gasteiger partial charge < -0.3 is 0 Å². The number of benzene rings is 2. The van der Waals surface area contributed by atoms with Crippen molar-refractivity contribution in [2.45, 2.75) is 12.7 Å². The van der Waals surface area contributed by atoms with Crippen molar-refractivity contribution in [3.8, 4) is 0 Å². The molecule has 0 bridgehead atoms. The van der Waals surface area contributed by atoms with Crippen LogP contribution in [0.2, 0.25) is 0 Å². The van der Waals surface area contributed by atoms with Gasteiger partial charge in [-0.1, -0.05) is 36.4 Å². The largest absolute Gasteiger partial charge is 0.276 e. The van der Waals surface area contributed by atoms with E-state index >= 15 is 0 Å². The molecule has 0 fully saturated rings. The third-order valence-corrected chi connectivity index (χ3v) is 3.16. The van der Waals surface area contributed by atoms with E-state index in [1.165, 1.54) is 4.90 Å². The van der Waals surface area contributed by atoms with Crippen LogP contribution < -0.4 is 4.90 Å². The second kappa shape index (κ2) is 4.26. The fourth-order valence-corrected chi connectivity index (χ4v) is 2.30. The summed E-state index contributed by atoms with van der Waals surface area (Å²) in [4.78, 5) is 13.5. The summed E-state index contributed by atoms with van der Waals surface area (Å²) in [5.74, 6) is -0.284. The molecule has 3 heteroatoms. The van der Waals surface area contributed by atoms with Crippen LogP contribution in [-0.2, 0) is 6.42 Å². The third-order valence-electron chi connectivity index (χ3n) is 3.16. The minimum absolute atomic E-state index is 0.273. The lowest BCUT2D eigenvalue weighted by Gasteiger charge is -2.20. The molecule has 0 saturated heterocycles. The summed E-state index contributed by atoms with van der Waals surface area (Å²) in [5.41, 5.74) is 2.07. The Balaban J connectivity index is 2.00. The standard InChI is InChI=1S/C15H12FNO/c16-14-10-12-8-4-5-9-13(12)17(14)15(18)11-6-2-1-3-7-11/h1-9,14H,10H2. The molecule has 1 atom stereocenters. The van der Waals surface area contributed by atoms with Crippen LogP contribution in [0.25, 0.3) is 0 Å². The molecule has 2 aromatic rings. The van der Waals surface area contributed by atoms with E-state index in [0.29, 0.717) is 11.3 Å². The highest BCUT2D eigenvalue weighted by atomic mass is 19.1. The van der Waals surface area contributed by atoms with Gasteiger partial charge in [-0.25, -0.2) is 4.39 Å². The molecule has 0 aliphatic carbocycles. The Bertz CT molecular complexity index is 582. The highest BCUT2D eigenvalue weighted by Crippen LogP contribution is 2.33. The SMILES string of the molecule is O=C(c1ccccc1)N1c2ccccc2CC1F. The maximum Gasteiger partial charge on any atom is 0.260 e. The molecule has 2 aromatic carbocycles. The number of alkyl halides is 1. The zero-order valence-electron chi connectivity index (χ0n) is 9.71. The van der Waals surface area contributed by atoms with Gasteiger partial charge >= 0.3 is 0 Å². The Hall–Kier alpha value is -2.16. The first-order valence-corrected chi connectivity index (χ1v) is 5.88. The smallest absolute Gasteiger partial charge is 0.260 e. The van der Waals surface area contributed by atoms with Gasteiger partial charge in [0.2, 0.25) is 0 Å². The van der Waals surface area contributed by atoms with Crippen LogP contribution >= 0.6 is 0 Å². The van der Waals surface area contributed by atoms with E-state index in [1.54, 1.807) is 30.3 Å². The molecule has 1 amide bonds. The normalized spacial score (nSPS) is 17.6. The molecule has 18 heavy (non-hydrogen) atoms. The molecule has 0 spiro atoms. The number of rotatable bonds is 1. The molecular formula is C15H12FNO. The molecule has 2 nitrogen and oxygen atoms in total. The number of para-hydroxylation sites is 1. The van der Waals surface area contributed by atoms with Crippen molar-refractivity contribution in [1.29, 1.82) is 0 Å². The summed E-state index contributed by atoms with van der Waals surface area (Å²) in [6.07, 6.45) is -0.996. The van der Waals surface area contributed by atoms with Gasteiger partial charge in [-0.05, 0) is 23.8 Å². The average molecular weight is 241 g/mol. The van der Waals surface area contributed by atoms with Crippen molar-refractivity contribution in [3.05, 3.63) is 65.7 Å². The van der Waals surface area contributed by atoms with E-state index in [0.717, 1.165) is 5.56 Å². The molecule has 1 unspecified atom stereocenters. The van der Waals surface area contributed by atoms with E-state index in [9.17, 15) is 9.18 Å². The van der Waals surface area contributed by atoms with E-state index in [2.05, 4.69) is 0 Å². The number of hydrogen-bond donors (Lipinski definition) is 0. The number of halogens is 1. The monoisotopic (exact) mass is 241 g/mol. The Morgan fingerprint density at radius 3 is 2.50 bits per heavy atom. The quantitative estimate of drug-likeness (QED) is 0.702. The maximum absolute atomic E-state index is 14.0. The van der Waals surface area contributed by atoms with Gasteiger partial charge in [-0.2, -0.15) is 0 Å². The number of carbonyl (C=O) groups is 1. The van der Waals surface area contributed by atoms with Crippen molar-refractivity contribution in [1.82, 2.24) is 0 Å². The summed E-state index contributed by atoms with van der Waals surface area (Å²) in [6, 6.07) is 16.1. The second-order valence-electron chi connectivity index (χ2n) is 4.31. The van der Waals surface area contributed by atoms with Crippen molar-refractivity contribution in [2.75, 3.05) is 4.90 Å². The predicted molar refractivity (Wildman–Crippen MR) is 68.3 cm³/mol. The van der Waals surface area contributed by atoms with Crippen molar-refractivity contribution >= 4 is 11.6 Å². The van der Waals surface area contributed by atoms with Crippen LogP contribution in [-0.4, -0.2) is 12.2 Å². The summed E-state index contributed by atoms with van der Waals surface area (Å²) < 4.78 is 14.0. The lowest BCUT2D eigenvalue weighted by Crippen LogP contribution is -2.34. The summed E-state index contributed by atoms with van der Waals surface area (Å²) in [5, 5.41) is 0. The van der Waals surface area contributed by atoms with Crippen LogP contribution in [0, 0.1) is 0 Å². The van der Waals surface area contributed by atoms with Crippen LogP contribution in [0.15, 0.2) is 54.6 Å². The highest BCUT2D eigenvalue weighted by molar-refractivity contribution is 6.07. The molecule has 0 radical (unpaired) electrons. The fraction of sp³-hybridized carbons (Fsp3) is 0.133. The number of anilines is 1. The fourth-order valence-electron chi connectivity index (χ4n) is 2.30. The van der Waals surface area contributed by atoms with E-state index < -0.39 is 6.30 Å². The van der Waals surface area contributed by atoms with E-state index in [-0.39, 0.29) is 12.3 Å². The second-order valence-corrected chi connectivity index (χ2v) is 4.31. The van der Waals surface area contributed by atoms with Gasteiger partial charge in [0, 0.05) is 12.0 Å². The molecular weight excluding hydrogens is 229 g/mol. The number of amides is 1. The highest BCUT2D eigenvalue weighted by Gasteiger charge is 2.33. The zero-order valence-corrected chi connectivity index (χ0v) is 9.71. The van der Waals surface area contributed by atoms with E-state index in [4.69, 9.17) is 0 Å². The first-order chi connectivity index (χ1) is 8.77. The summed E-state index contributed by atoms with van der Waals surface area (Å²) >= 11 is 0. The minimum Gasteiger partial charge on any atom is -0.276 e. The van der Waals surface area contributed by atoms with Crippen molar-refractivity contribution < 1.29 is 9.18 Å². The van der Waals surface area contributed by atoms with Gasteiger partial charge in [0.25, 0.3) is 5.91 Å². The molecule has 1 aliphatic rings. The number of carbonyl (C=O) groups excluding carboxylic acids is 1. The van der Waals surface area contributed by atoms with Crippen LogP contribution in [0.1, 0.15) is 15.9 Å². The molecule has 0 saturated carbocycles. The zero-order chi connectivity index (χ0) is 12.5. The lowest BCUT2D eigenvalue weighted by atomic mass is 10.1. The number of fused-ring (bicyclic) bond motifs is 1. The predicted octanol–water partition coefficient (Wildman–Crippen LogP) is 3.19. The Morgan fingerprint density at radius 2 is 1.72 bits per heavy atom. The third kappa shape index (κ3) is 1.68. The minimum atomic E-state index is -1.27. The molecule has 0 aromatic heterocycles. The Labute approximate surface area is 105 Å². The van der Waals surface area contributed by atoms with Gasteiger partial charge in [0.1, 0.15) is 0 Å². The van der Waals surface area contributed by atoms with Crippen molar-refractivity contribution in [2.24, 2.45) is 0 Å². The lowest BCUT2D eigenvalue weighted by molar-refractivity contribution is 0.0957. The average Bonchev–Trinajstić information content (AvgIpc) is 2.75. The molecule has 1 aliphatic heterocycles. The van der Waals surface area contributed by atoms with Gasteiger partial charge in [-0.15, -0.1) is 0 Å². The van der Waals surface area contributed by atoms with Crippen LogP contribution in [0.3, 0.4) is 0 Å². The first kappa shape index (κ1) is 11.0. The van der Waals surface area contributed by atoms with Crippen molar-refractivity contribution in [3.63, 3.8) is 0 Å². The van der Waals surface area contributed by atoms with Crippen LogP contribution in [0.5, 0.6) is 0 Å². The molecule has 1 heterocycles. The molecule has 3 rings (SSSR count). The van der Waals surface area contributed by atoms with E-state index in [1.807, 2.05) is 24.3 Å². The molecule has 90 valence electrons. The van der Waals surface area contributed by atoms with Gasteiger partial charge in [0.05, 0.1) is 5.69 Å². The summed E-state index contributed by atoms with van der Waals surface area (Å²) in [7, 11) is 0. The molecule has 0 N–H and O–H groups in total. The van der Waals surface area contributed by atoms with Gasteiger partial charge in [0.15, 0.2) is 6.30 Å². The Kier molecular flexibility index (Phi) is 2.59.